The Kier molecular flexibility index (Phi) is 5.08. The second-order valence-electron chi connectivity index (χ2n) is 8.22. The van der Waals surface area contributed by atoms with Crippen LogP contribution in [-0.4, -0.2) is 40.4 Å². The number of hydrogen-bond donors (Lipinski definition) is 3. The quantitative estimate of drug-likeness (QED) is 0.524. The van der Waals surface area contributed by atoms with Crippen LogP contribution < -0.4 is 10.6 Å². The van der Waals surface area contributed by atoms with E-state index in [0.29, 0.717) is 12.8 Å². The molecule has 0 saturated heterocycles. The molecule has 9 heteroatoms. The molecule has 9 nitrogen and oxygen atoms in total. The lowest BCUT2D eigenvalue weighted by molar-refractivity contribution is -0.148. The van der Waals surface area contributed by atoms with Gasteiger partial charge in [0.05, 0.1) is 0 Å². The molecule has 1 heterocycles. The van der Waals surface area contributed by atoms with E-state index in [0.717, 1.165) is 28.7 Å². The summed E-state index contributed by atoms with van der Waals surface area (Å²) in [4.78, 5) is 36.1. The summed E-state index contributed by atoms with van der Waals surface area (Å²) in [6, 6.07) is 17.2. The molecule has 168 valence electrons. The van der Waals surface area contributed by atoms with Gasteiger partial charge in [-0.15, -0.1) is 0 Å². The molecule has 0 atom stereocenters. The Labute approximate surface area is 188 Å². The molecule has 0 unspecified atom stereocenters. The Morgan fingerprint density at radius 1 is 1.06 bits per heavy atom. The number of aliphatic carboxylic acids is 1. The van der Waals surface area contributed by atoms with Crippen LogP contribution in [0.4, 0.5) is 10.7 Å². The molecule has 33 heavy (non-hydrogen) atoms. The van der Waals surface area contributed by atoms with Gasteiger partial charge < -0.3 is 19.7 Å². The number of nitrogens with zero attached hydrogens (tertiary/aromatic N) is 1. The van der Waals surface area contributed by atoms with E-state index in [-0.39, 0.29) is 24.1 Å². The van der Waals surface area contributed by atoms with Gasteiger partial charge in [0.1, 0.15) is 12.1 Å². The van der Waals surface area contributed by atoms with Crippen molar-refractivity contribution in [3.8, 4) is 11.1 Å². The van der Waals surface area contributed by atoms with E-state index in [1.165, 1.54) is 6.07 Å². The number of carbonyl (C=O) groups excluding carboxylic acids is 2. The van der Waals surface area contributed by atoms with Crippen molar-refractivity contribution in [3.63, 3.8) is 0 Å². The molecule has 2 aliphatic rings. The maximum Gasteiger partial charge on any atom is 0.414 e. The molecular formula is C24H21N3O6. The summed E-state index contributed by atoms with van der Waals surface area (Å²) >= 11 is 0. The fraction of sp³-hybridized carbons (Fsp3) is 0.250. The minimum Gasteiger partial charge on any atom is -0.480 e. The van der Waals surface area contributed by atoms with Gasteiger partial charge in [0.25, 0.3) is 5.91 Å². The maximum absolute atomic E-state index is 12.3. The molecule has 0 aliphatic heterocycles. The Balaban J connectivity index is 1.21. The van der Waals surface area contributed by atoms with E-state index >= 15 is 0 Å². The van der Waals surface area contributed by atoms with Crippen molar-refractivity contribution < 1.29 is 28.8 Å². The topological polar surface area (TPSA) is 131 Å². The van der Waals surface area contributed by atoms with Gasteiger partial charge in [-0.2, -0.15) is 0 Å². The largest absolute Gasteiger partial charge is 0.480 e. The van der Waals surface area contributed by atoms with Gasteiger partial charge in [0.15, 0.2) is 5.69 Å². The number of anilines is 1. The average molecular weight is 447 g/mol. The van der Waals surface area contributed by atoms with Crippen molar-refractivity contribution in [1.82, 2.24) is 10.5 Å². The third kappa shape index (κ3) is 3.71. The van der Waals surface area contributed by atoms with Crippen LogP contribution in [-0.2, 0) is 9.53 Å². The van der Waals surface area contributed by atoms with Gasteiger partial charge in [-0.25, -0.2) is 9.59 Å². The predicted octanol–water partition coefficient (Wildman–Crippen LogP) is 3.77. The normalized spacial score (nSPS) is 15.6. The number of fused-ring (bicyclic) bond motifs is 3. The zero-order valence-electron chi connectivity index (χ0n) is 17.5. The maximum atomic E-state index is 12.3. The number of ether oxygens (including phenoxy) is 1. The molecule has 3 aromatic rings. The van der Waals surface area contributed by atoms with Gasteiger partial charge in [-0.3, -0.25) is 10.1 Å². The van der Waals surface area contributed by atoms with Crippen LogP contribution in [0.2, 0.25) is 0 Å². The smallest absolute Gasteiger partial charge is 0.414 e. The van der Waals surface area contributed by atoms with E-state index in [2.05, 4.69) is 15.8 Å². The Morgan fingerprint density at radius 2 is 1.70 bits per heavy atom. The number of carboxylic acids is 1. The summed E-state index contributed by atoms with van der Waals surface area (Å²) in [5.74, 6) is -1.92. The first kappa shape index (κ1) is 20.7. The highest BCUT2D eigenvalue weighted by molar-refractivity contribution is 5.97. The molecular weight excluding hydrogens is 426 g/mol. The van der Waals surface area contributed by atoms with E-state index < -0.39 is 23.5 Å². The first-order valence-electron chi connectivity index (χ1n) is 10.6. The molecule has 0 radical (unpaired) electrons. The molecule has 2 aliphatic carbocycles. The lowest BCUT2D eigenvalue weighted by Crippen LogP contribution is -2.59. The first-order chi connectivity index (χ1) is 16.0. The molecule has 0 spiro atoms. The number of rotatable bonds is 6. The van der Waals surface area contributed by atoms with E-state index in [1.54, 1.807) is 0 Å². The fourth-order valence-corrected chi connectivity index (χ4v) is 4.38. The number of aromatic nitrogens is 1. The van der Waals surface area contributed by atoms with E-state index in [1.807, 2.05) is 48.5 Å². The highest BCUT2D eigenvalue weighted by atomic mass is 16.6. The molecule has 1 fully saturated rings. The van der Waals surface area contributed by atoms with E-state index in [9.17, 15) is 19.5 Å². The summed E-state index contributed by atoms with van der Waals surface area (Å²) in [6.45, 7) is 0.127. The highest BCUT2D eigenvalue weighted by Gasteiger charge is 2.46. The van der Waals surface area contributed by atoms with Crippen molar-refractivity contribution >= 4 is 23.9 Å². The first-order valence-corrected chi connectivity index (χ1v) is 10.6. The monoisotopic (exact) mass is 447 g/mol. The lowest BCUT2D eigenvalue weighted by atomic mass is 9.76. The molecule has 1 aromatic heterocycles. The van der Waals surface area contributed by atoms with Crippen molar-refractivity contribution in [2.45, 2.75) is 30.7 Å². The average Bonchev–Trinajstić information content (AvgIpc) is 3.37. The standard InChI is InChI=1S/C24H21N3O6/c28-21(26-24(22(29)30)10-5-11-24)19-12-20(33-27-19)25-23(31)32-13-18-16-8-3-1-6-14(16)15-7-2-4-9-17(15)18/h1-4,6-9,12,18H,5,10-11,13H2,(H,25,31)(H,26,28)(H,29,30). The Hall–Kier alpha value is -4.14. The molecule has 2 aromatic carbocycles. The van der Waals surface area contributed by atoms with Crippen molar-refractivity contribution in [2.75, 3.05) is 11.9 Å². The molecule has 5 rings (SSSR count). The van der Waals surface area contributed by atoms with Gasteiger partial charge >= 0.3 is 12.1 Å². The van der Waals surface area contributed by atoms with Crippen LogP contribution >= 0.6 is 0 Å². The minimum absolute atomic E-state index is 0.0737. The van der Waals surface area contributed by atoms with Crippen molar-refractivity contribution in [3.05, 3.63) is 71.4 Å². The van der Waals surface area contributed by atoms with Gasteiger partial charge in [-0.1, -0.05) is 53.7 Å². The van der Waals surface area contributed by atoms with Gasteiger partial charge in [-0.05, 0) is 41.5 Å². The summed E-state index contributed by atoms with van der Waals surface area (Å²) in [5.41, 5.74) is 3.03. The fourth-order valence-electron chi connectivity index (χ4n) is 4.38. The van der Waals surface area contributed by atoms with E-state index in [4.69, 9.17) is 9.26 Å². The van der Waals surface area contributed by atoms with Crippen LogP contribution in [0, 0.1) is 0 Å². The van der Waals surface area contributed by atoms with Gasteiger partial charge in [0, 0.05) is 12.0 Å². The molecule has 3 N–H and O–H groups in total. The molecule has 2 amide bonds. The highest BCUT2D eigenvalue weighted by Crippen LogP contribution is 2.44. The predicted molar refractivity (Wildman–Crippen MR) is 117 cm³/mol. The zero-order chi connectivity index (χ0) is 23.0. The summed E-state index contributed by atoms with van der Waals surface area (Å²) < 4.78 is 10.4. The summed E-state index contributed by atoms with van der Waals surface area (Å²) in [5, 5.41) is 17.9. The number of carboxylic acid groups (broad SMARTS) is 1. The summed E-state index contributed by atoms with van der Waals surface area (Å²) in [7, 11) is 0. The Bertz CT molecular complexity index is 1200. The SMILES string of the molecule is O=C(Nc1cc(C(=O)NC2(C(=O)O)CCC2)no1)OCC1c2ccccc2-c2ccccc21. The second kappa shape index (κ2) is 8.09. The van der Waals surface area contributed by atoms with Gasteiger partial charge in [0.2, 0.25) is 5.88 Å². The number of carbonyl (C=O) groups is 3. The third-order valence-corrected chi connectivity index (χ3v) is 6.28. The minimum atomic E-state index is -1.27. The Morgan fingerprint density at radius 3 is 2.27 bits per heavy atom. The zero-order valence-corrected chi connectivity index (χ0v) is 17.5. The number of amides is 2. The van der Waals surface area contributed by atoms with Crippen molar-refractivity contribution in [2.24, 2.45) is 0 Å². The van der Waals surface area contributed by atoms with Crippen LogP contribution in [0.5, 0.6) is 0 Å². The third-order valence-electron chi connectivity index (χ3n) is 6.28. The number of hydrogen-bond acceptors (Lipinski definition) is 6. The van der Waals surface area contributed by atoms with Crippen molar-refractivity contribution in [1.29, 1.82) is 0 Å². The van der Waals surface area contributed by atoms with Crippen LogP contribution in [0.25, 0.3) is 11.1 Å². The van der Waals surface area contributed by atoms with Crippen LogP contribution in [0.3, 0.4) is 0 Å². The molecule has 1 saturated carbocycles. The number of benzene rings is 2. The molecule has 0 bridgehead atoms. The second-order valence-corrected chi connectivity index (χ2v) is 8.22. The van der Waals surface area contributed by atoms with Crippen LogP contribution in [0.15, 0.2) is 59.1 Å². The summed E-state index contributed by atoms with van der Waals surface area (Å²) in [6.07, 6.45) is 0.689. The number of nitrogens with one attached hydrogen (secondary N) is 2. The van der Waals surface area contributed by atoms with Crippen LogP contribution in [0.1, 0.15) is 46.8 Å². The lowest BCUT2D eigenvalue weighted by Gasteiger charge is -2.37.